The number of hydrogen-bond donors (Lipinski definition) is 1. The van der Waals surface area contributed by atoms with Crippen molar-refractivity contribution in [3.63, 3.8) is 0 Å². The standard InChI is InChI=1S/C5H3ClN2O2/c6-4-3(5(9)10)1-7-2-8-4/h1-2H,(H,9,10). The Morgan fingerprint density at radius 1 is 1.70 bits per heavy atom. The van der Waals surface area contributed by atoms with E-state index in [-0.39, 0.29) is 10.7 Å². The van der Waals surface area contributed by atoms with Gasteiger partial charge in [0, 0.05) is 6.20 Å². The number of hydrogen-bond acceptors (Lipinski definition) is 3. The van der Waals surface area contributed by atoms with Crippen molar-refractivity contribution in [2.45, 2.75) is 0 Å². The summed E-state index contributed by atoms with van der Waals surface area (Å²) in [4.78, 5) is 17.2. The Kier molecular flexibility index (Phi) is 1.82. The van der Waals surface area contributed by atoms with Gasteiger partial charge < -0.3 is 5.11 Å². The number of carboxylic acid groups (broad SMARTS) is 1. The summed E-state index contributed by atoms with van der Waals surface area (Å²) in [6, 6.07) is 0. The lowest BCUT2D eigenvalue weighted by Crippen LogP contribution is -1.99. The fourth-order valence-electron chi connectivity index (χ4n) is 0.458. The van der Waals surface area contributed by atoms with Gasteiger partial charge in [0.1, 0.15) is 17.0 Å². The molecule has 0 fully saturated rings. The minimum Gasteiger partial charge on any atom is -0.478 e. The molecule has 0 atom stereocenters. The van der Waals surface area contributed by atoms with Crippen LogP contribution in [0, 0.1) is 0 Å². The summed E-state index contributed by atoms with van der Waals surface area (Å²) in [5.41, 5.74) is -0.0795. The predicted octanol–water partition coefficient (Wildman–Crippen LogP) is 0.828. The average Bonchev–Trinajstić information content (AvgIpc) is 1.88. The Morgan fingerprint density at radius 3 is 2.80 bits per heavy atom. The molecule has 0 bridgehead atoms. The van der Waals surface area contributed by atoms with Crippen LogP contribution in [0.15, 0.2) is 12.5 Å². The average molecular weight is 159 g/mol. The van der Waals surface area contributed by atoms with Crippen molar-refractivity contribution in [1.29, 1.82) is 0 Å². The van der Waals surface area contributed by atoms with Crippen molar-refractivity contribution in [1.82, 2.24) is 9.97 Å². The molecule has 0 saturated heterocycles. The van der Waals surface area contributed by atoms with Crippen molar-refractivity contribution in [3.05, 3.63) is 23.2 Å². The van der Waals surface area contributed by atoms with Crippen molar-refractivity contribution < 1.29 is 9.90 Å². The highest BCUT2D eigenvalue weighted by Crippen LogP contribution is 2.08. The maximum Gasteiger partial charge on any atom is 0.340 e. The molecule has 1 N–H and O–H groups in total. The van der Waals surface area contributed by atoms with Gasteiger partial charge in [-0.3, -0.25) is 0 Å². The molecule has 0 aliphatic heterocycles. The van der Waals surface area contributed by atoms with E-state index in [9.17, 15) is 4.79 Å². The van der Waals surface area contributed by atoms with Crippen LogP contribution in [0.25, 0.3) is 0 Å². The molecule has 4 nitrogen and oxygen atoms in total. The number of rotatable bonds is 1. The van der Waals surface area contributed by atoms with E-state index in [1.54, 1.807) is 0 Å². The van der Waals surface area contributed by atoms with E-state index in [1.807, 2.05) is 0 Å². The first-order chi connectivity index (χ1) is 4.72. The molecule has 10 heavy (non-hydrogen) atoms. The third-order valence-electron chi connectivity index (χ3n) is 0.894. The maximum absolute atomic E-state index is 10.3. The SMILES string of the molecule is O=C(O)c1cncnc1Cl. The number of carboxylic acids is 1. The van der Waals surface area contributed by atoms with E-state index in [0.717, 1.165) is 6.20 Å². The van der Waals surface area contributed by atoms with Crippen LogP contribution in [0.3, 0.4) is 0 Å². The van der Waals surface area contributed by atoms with E-state index in [2.05, 4.69) is 9.97 Å². The van der Waals surface area contributed by atoms with Gasteiger partial charge in [-0.05, 0) is 0 Å². The molecule has 1 rings (SSSR count). The molecule has 0 aliphatic carbocycles. The molecule has 0 saturated carbocycles. The van der Waals surface area contributed by atoms with E-state index < -0.39 is 5.97 Å². The smallest absolute Gasteiger partial charge is 0.340 e. The second-order valence-electron chi connectivity index (χ2n) is 1.53. The fourth-order valence-corrected chi connectivity index (χ4v) is 0.631. The van der Waals surface area contributed by atoms with Gasteiger partial charge in [0.05, 0.1) is 0 Å². The second-order valence-corrected chi connectivity index (χ2v) is 1.89. The Labute approximate surface area is 61.5 Å². The van der Waals surface area contributed by atoms with Crippen LogP contribution in [-0.4, -0.2) is 21.0 Å². The molecule has 52 valence electrons. The lowest BCUT2D eigenvalue weighted by Gasteiger charge is -1.92. The molecule has 0 spiro atoms. The normalized spacial score (nSPS) is 9.30. The van der Waals surface area contributed by atoms with Crippen LogP contribution in [0.1, 0.15) is 10.4 Å². The van der Waals surface area contributed by atoms with E-state index in [4.69, 9.17) is 16.7 Å². The molecular formula is C5H3ClN2O2. The van der Waals surface area contributed by atoms with Crippen LogP contribution in [0.2, 0.25) is 5.15 Å². The summed E-state index contributed by atoms with van der Waals surface area (Å²) < 4.78 is 0. The van der Waals surface area contributed by atoms with Crippen LogP contribution >= 0.6 is 11.6 Å². The van der Waals surface area contributed by atoms with Crippen LogP contribution in [0.5, 0.6) is 0 Å². The highest BCUT2D eigenvalue weighted by Gasteiger charge is 2.07. The predicted molar refractivity (Wildman–Crippen MR) is 34.0 cm³/mol. The maximum atomic E-state index is 10.3. The van der Waals surface area contributed by atoms with E-state index in [1.165, 1.54) is 6.33 Å². The van der Waals surface area contributed by atoms with Gasteiger partial charge in [-0.15, -0.1) is 0 Å². The number of nitrogens with zero attached hydrogens (tertiary/aromatic N) is 2. The molecule has 0 radical (unpaired) electrons. The van der Waals surface area contributed by atoms with Crippen LogP contribution < -0.4 is 0 Å². The van der Waals surface area contributed by atoms with Crippen molar-refractivity contribution in [2.75, 3.05) is 0 Å². The first-order valence-electron chi connectivity index (χ1n) is 2.40. The summed E-state index contributed by atoms with van der Waals surface area (Å²) in [6.07, 6.45) is 2.34. The van der Waals surface area contributed by atoms with Gasteiger partial charge in [0.2, 0.25) is 0 Å². The summed E-state index contributed by atoms with van der Waals surface area (Å²) >= 11 is 5.39. The number of aromatic carboxylic acids is 1. The molecular weight excluding hydrogens is 156 g/mol. The van der Waals surface area contributed by atoms with Crippen molar-refractivity contribution in [3.8, 4) is 0 Å². The molecule has 5 heteroatoms. The topological polar surface area (TPSA) is 63.1 Å². The highest BCUT2D eigenvalue weighted by atomic mass is 35.5. The lowest BCUT2D eigenvalue weighted by molar-refractivity contribution is 0.0696. The molecule has 1 aromatic heterocycles. The van der Waals surface area contributed by atoms with Crippen LogP contribution in [0.4, 0.5) is 0 Å². The Balaban J connectivity index is 3.15. The van der Waals surface area contributed by atoms with Gasteiger partial charge in [-0.1, -0.05) is 11.6 Å². The van der Waals surface area contributed by atoms with Crippen molar-refractivity contribution in [2.24, 2.45) is 0 Å². The van der Waals surface area contributed by atoms with E-state index in [0.29, 0.717) is 0 Å². The Hall–Kier alpha value is -1.16. The zero-order chi connectivity index (χ0) is 7.56. The number of carbonyl (C=O) groups is 1. The highest BCUT2D eigenvalue weighted by molar-refractivity contribution is 6.32. The summed E-state index contributed by atoms with van der Waals surface area (Å²) in [5.74, 6) is -1.12. The minimum atomic E-state index is -1.12. The second kappa shape index (κ2) is 2.62. The molecule has 1 heterocycles. The summed E-state index contributed by atoms with van der Waals surface area (Å²) in [5, 5.41) is 8.36. The monoisotopic (exact) mass is 158 g/mol. The lowest BCUT2D eigenvalue weighted by atomic mass is 10.3. The molecule has 0 unspecified atom stereocenters. The third-order valence-corrected chi connectivity index (χ3v) is 1.20. The van der Waals surface area contributed by atoms with Gasteiger partial charge in [-0.25, -0.2) is 14.8 Å². The largest absolute Gasteiger partial charge is 0.478 e. The first kappa shape index (κ1) is 6.95. The van der Waals surface area contributed by atoms with Gasteiger partial charge >= 0.3 is 5.97 Å². The molecule has 1 aromatic rings. The van der Waals surface area contributed by atoms with Crippen LogP contribution in [-0.2, 0) is 0 Å². The number of aromatic nitrogens is 2. The van der Waals surface area contributed by atoms with Gasteiger partial charge in [0.25, 0.3) is 0 Å². The Morgan fingerprint density at radius 2 is 2.40 bits per heavy atom. The van der Waals surface area contributed by atoms with Gasteiger partial charge in [-0.2, -0.15) is 0 Å². The summed E-state index contributed by atoms with van der Waals surface area (Å²) in [6.45, 7) is 0. The quantitative estimate of drug-likeness (QED) is 0.615. The van der Waals surface area contributed by atoms with Gasteiger partial charge in [0.15, 0.2) is 0 Å². The molecule has 0 aliphatic rings. The third kappa shape index (κ3) is 1.22. The first-order valence-corrected chi connectivity index (χ1v) is 2.78. The minimum absolute atomic E-state index is 0.0394. The Bertz CT molecular complexity index is 264. The van der Waals surface area contributed by atoms with E-state index >= 15 is 0 Å². The zero-order valence-electron chi connectivity index (χ0n) is 4.78. The number of halogens is 1. The fraction of sp³-hybridized carbons (Fsp3) is 0. The zero-order valence-corrected chi connectivity index (χ0v) is 5.54. The van der Waals surface area contributed by atoms with Crippen molar-refractivity contribution >= 4 is 17.6 Å². The summed E-state index contributed by atoms with van der Waals surface area (Å²) in [7, 11) is 0. The molecule has 0 amide bonds. The molecule has 0 aromatic carbocycles.